The normalized spacial score (nSPS) is 10.6. The molecule has 1 aromatic carbocycles. The van der Waals surface area contributed by atoms with E-state index in [0.717, 1.165) is 16.1 Å². The Morgan fingerprint density at radius 2 is 2.27 bits per heavy atom. The van der Waals surface area contributed by atoms with Gasteiger partial charge in [0.15, 0.2) is 0 Å². The van der Waals surface area contributed by atoms with Gasteiger partial charge in [0.25, 0.3) is 0 Å². The summed E-state index contributed by atoms with van der Waals surface area (Å²) in [6.45, 7) is 2.15. The summed E-state index contributed by atoms with van der Waals surface area (Å²) in [6, 6.07) is 5.12. The van der Waals surface area contributed by atoms with E-state index < -0.39 is 0 Å². The first-order valence-electron chi connectivity index (χ1n) is 4.61. The van der Waals surface area contributed by atoms with Crippen molar-refractivity contribution in [3.05, 3.63) is 40.8 Å². The number of hydrogen-bond acceptors (Lipinski definition) is 3. The molecule has 0 spiro atoms. The molecule has 2 N–H and O–H groups in total. The number of aryl methyl sites for hydroxylation is 1. The van der Waals surface area contributed by atoms with Crippen molar-refractivity contribution in [3.8, 4) is 10.4 Å². The second-order valence-electron chi connectivity index (χ2n) is 3.28. The fourth-order valence-electron chi connectivity index (χ4n) is 1.43. The molecule has 15 heavy (non-hydrogen) atoms. The van der Waals surface area contributed by atoms with E-state index in [2.05, 4.69) is 4.98 Å². The van der Waals surface area contributed by atoms with Gasteiger partial charge in [-0.05, 0) is 18.6 Å². The average molecular weight is 222 g/mol. The largest absolute Gasteiger partial charge is 0.326 e. The van der Waals surface area contributed by atoms with E-state index in [9.17, 15) is 4.39 Å². The van der Waals surface area contributed by atoms with Crippen LogP contribution in [0.1, 0.15) is 11.3 Å². The van der Waals surface area contributed by atoms with Crippen LogP contribution in [-0.4, -0.2) is 4.98 Å². The molecule has 2 rings (SSSR count). The molecule has 0 aliphatic heterocycles. The molecule has 2 aromatic rings. The van der Waals surface area contributed by atoms with Crippen molar-refractivity contribution in [2.75, 3.05) is 0 Å². The molecule has 1 heterocycles. The van der Waals surface area contributed by atoms with Crippen molar-refractivity contribution >= 4 is 11.3 Å². The lowest BCUT2D eigenvalue weighted by Crippen LogP contribution is -1.99. The lowest BCUT2D eigenvalue weighted by Gasteiger charge is -2.03. The maximum Gasteiger partial charge on any atom is 0.128 e. The summed E-state index contributed by atoms with van der Waals surface area (Å²) >= 11 is 1.52. The van der Waals surface area contributed by atoms with E-state index in [1.165, 1.54) is 17.4 Å². The quantitative estimate of drug-likeness (QED) is 0.848. The van der Waals surface area contributed by atoms with Crippen LogP contribution in [0.15, 0.2) is 23.7 Å². The Morgan fingerprint density at radius 1 is 1.47 bits per heavy atom. The Labute approximate surface area is 91.6 Å². The first-order valence-corrected chi connectivity index (χ1v) is 5.49. The minimum absolute atomic E-state index is 0.230. The van der Waals surface area contributed by atoms with Crippen LogP contribution in [0.5, 0.6) is 0 Å². The first kappa shape index (κ1) is 10.3. The summed E-state index contributed by atoms with van der Waals surface area (Å²) in [5, 5.41) is 0. The molecule has 0 radical (unpaired) electrons. The molecular formula is C11H11FN2S. The van der Waals surface area contributed by atoms with Gasteiger partial charge in [-0.2, -0.15) is 0 Å². The third kappa shape index (κ3) is 1.91. The molecule has 0 amide bonds. The molecule has 0 atom stereocenters. The molecule has 0 bridgehead atoms. The van der Waals surface area contributed by atoms with Crippen molar-refractivity contribution in [3.63, 3.8) is 0 Å². The molecule has 0 fully saturated rings. The molecule has 78 valence electrons. The number of aromatic nitrogens is 1. The maximum absolute atomic E-state index is 13.5. The minimum Gasteiger partial charge on any atom is -0.326 e. The van der Waals surface area contributed by atoms with Gasteiger partial charge in [-0.1, -0.05) is 12.1 Å². The highest BCUT2D eigenvalue weighted by Gasteiger charge is 2.07. The van der Waals surface area contributed by atoms with Gasteiger partial charge in [0.2, 0.25) is 0 Å². The molecule has 4 heteroatoms. The summed E-state index contributed by atoms with van der Waals surface area (Å²) in [5.41, 5.74) is 9.50. The Balaban J connectivity index is 2.47. The van der Waals surface area contributed by atoms with Gasteiger partial charge in [-0.3, -0.25) is 0 Å². The van der Waals surface area contributed by atoms with Gasteiger partial charge >= 0.3 is 0 Å². The molecule has 0 aliphatic rings. The monoisotopic (exact) mass is 222 g/mol. The summed E-state index contributed by atoms with van der Waals surface area (Å²) in [7, 11) is 0. The number of nitrogens with zero attached hydrogens (tertiary/aromatic N) is 1. The van der Waals surface area contributed by atoms with Crippen LogP contribution in [0, 0.1) is 12.7 Å². The summed E-state index contributed by atoms with van der Waals surface area (Å²) in [6.07, 6.45) is 0. The highest BCUT2D eigenvalue weighted by Crippen LogP contribution is 2.28. The highest BCUT2D eigenvalue weighted by atomic mass is 32.1. The summed E-state index contributed by atoms with van der Waals surface area (Å²) in [4.78, 5) is 5.15. The fourth-order valence-corrected chi connectivity index (χ4v) is 2.24. The number of thiazole rings is 1. The van der Waals surface area contributed by atoms with E-state index in [4.69, 9.17) is 5.73 Å². The average Bonchev–Trinajstić information content (AvgIpc) is 2.64. The van der Waals surface area contributed by atoms with Gasteiger partial charge < -0.3 is 5.73 Å². The lowest BCUT2D eigenvalue weighted by atomic mass is 10.1. The summed E-state index contributed by atoms with van der Waals surface area (Å²) < 4.78 is 13.5. The Hall–Kier alpha value is -1.26. The number of rotatable bonds is 2. The van der Waals surface area contributed by atoms with Gasteiger partial charge in [-0.15, -0.1) is 11.3 Å². The summed E-state index contributed by atoms with van der Waals surface area (Å²) in [5.74, 6) is -0.247. The second-order valence-corrected chi connectivity index (χ2v) is 4.13. The van der Waals surface area contributed by atoms with E-state index in [1.54, 1.807) is 11.6 Å². The van der Waals surface area contributed by atoms with Gasteiger partial charge in [0.05, 0.1) is 16.1 Å². The number of hydrogen-bond donors (Lipinski definition) is 1. The topological polar surface area (TPSA) is 38.9 Å². The Morgan fingerprint density at radius 3 is 2.80 bits per heavy atom. The van der Waals surface area contributed by atoms with Crippen LogP contribution in [0.3, 0.4) is 0 Å². The van der Waals surface area contributed by atoms with Crippen LogP contribution < -0.4 is 5.73 Å². The third-order valence-electron chi connectivity index (χ3n) is 2.28. The van der Waals surface area contributed by atoms with Gasteiger partial charge in [0.1, 0.15) is 5.82 Å². The first-order chi connectivity index (χ1) is 7.22. The van der Waals surface area contributed by atoms with Crippen molar-refractivity contribution in [1.29, 1.82) is 0 Å². The fraction of sp³-hybridized carbons (Fsp3) is 0.182. The number of nitrogens with two attached hydrogens (primary N) is 1. The highest BCUT2D eigenvalue weighted by molar-refractivity contribution is 7.13. The smallest absolute Gasteiger partial charge is 0.128 e. The minimum atomic E-state index is -0.247. The number of benzene rings is 1. The van der Waals surface area contributed by atoms with E-state index in [-0.39, 0.29) is 12.4 Å². The van der Waals surface area contributed by atoms with Crippen molar-refractivity contribution < 1.29 is 4.39 Å². The Bertz CT molecular complexity index is 479. The third-order valence-corrected chi connectivity index (χ3v) is 3.26. The zero-order valence-electron chi connectivity index (χ0n) is 8.33. The molecule has 2 nitrogen and oxygen atoms in total. The zero-order valence-corrected chi connectivity index (χ0v) is 9.14. The zero-order chi connectivity index (χ0) is 10.8. The number of halogens is 1. The van der Waals surface area contributed by atoms with Crippen LogP contribution in [0.25, 0.3) is 10.4 Å². The van der Waals surface area contributed by atoms with Crippen LogP contribution in [0.2, 0.25) is 0 Å². The molecule has 0 unspecified atom stereocenters. The van der Waals surface area contributed by atoms with Gasteiger partial charge in [-0.25, -0.2) is 9.37 Å². The van der Waals surface area contributed by atoms with Crippen molar-refractivity contribution in [1.82, 2.24) is 4.98 Å². The maximum atomic E-state index is 13.5. The standard InChI is InChI=1S/C11H11FN2S/c1-7-11(15-6-14-7)8-2-3-9(5-13)10(12)4-8/h2-4,6H,5,13H2,1H3. The van der Waals surface area contributed by atoms with Crippen molar-refractivity contribution in [2.24, 2.45) is 5.73 Å². The molecular weight excluding hydrogens is 211 g/mol. The SMILES string of the molecule is Cc1ncsc1-c1ccc(CN)c(F)c1. The molecule has 0 saturated carbocycles. The second kappa shape index (κ2) is 4.08. The van der Waals surface area contributed by atoms with Gasteiger partial charge in [0, 0.05) is 12.1 Å². The van der Waals surface area contributed by atoms with Crippen LogP contribution in [-0.2, 0) is 6.54 Å². The van der Waals surface area contributed by atoms with Crippen molar-refractivity contribution in [2.45, 2.75) is 13.5 Å². The Kier molecular flexibility index (Phi) is 2.79. The lowest BCUT2D eigenvalue weighted by molar-refractivity contribution is 0.611. The van der Waals surface area contributed by atoms with E-state index >= 15 is 0 Å². The molecule has 0 aliphatic carbocycles. The predicted molar refractivity (Wildman–Crippen MR) is 60.1 cm³/mol. The van der Waals surface area contributed by atoms with Crippen LogP contribution in [0.4, 0.5) is 4.39 Å². The van der Waals surface area contributed by atoms with E-state index in [1.807, 2.05) is 13.0 Å². The predicted octanol–water partition coefficient (Wildman–Crippen LogP) is 2.72. The molecule has 0 saturated heterocycles. The molecule has 1 aromatic heterocycles. The van der Waals surface area contributed by atoms with Crippen LogP contribution >= 0.6 is 11.3 Å². The van der Waals surface area contributed by atoms with E-state index in [0.29, 0.717) is 5.56 Å².